The Morgan fingerprint density at radius 3 is 3.00 bits per heavy atom. The van der Waals surface area contributed by atoms with Crippen molar-refractivity contribution in [2.45, 2.75) is 51.5 Å². The molecule has 1 N–H and O–H groups in total. The summed E-state index contributed by atoms with van der Waals surface area (Å²) in [6, 6.07) is 0.674. The zero-order valence-corrected chi connectivity index (χ0v) is 10.5. The lowest BCUT2D eigenvalue weighted by Gasteiger charge is -2.24. The molecule has 0 aromatic carbocycles. The molecule has 1 saturated carbocycles. The lowest BCUT2D eigenvalue weighted by atomic mass is 10.2. The van der Waals surface area contributed by atoms with Crippen LogP contribution in [-0.4, -0.2) is 23.5 Å². The van der Waals surface area contributed by atoms with E-state index in [0.29, 0.717) is 6.04 Å². The summed E-state index contributed by atoms with van der Waals surface area (Å²) >= 11 is 1.90. The van der Waals surface area contributed by atoms with E-state index in [2.05, 4.69) is 17.2 Å². The van der Waals surface area contributed by atoms with Gasteiger partial charge in [0, 0.05) is 18.3 Å². The summed E-state index contributed by atoms with van der Waals surface area (Å²) in [7, 11) is 0. The van der Waals surface area contributed by atoms with Gasteiger partial charge in [0.25, 0.3) is 0 Å². The van der Waals surface area contributed by atoms with Gasteiger partial charge in [0.2, 0.25) is 0 Å². The van der Waals surface area contributed by atoms with E-state index in [1.165, 1.54) is 49.4 Å². The predicted octanol–water partition coefficient (Wildman–Crippen LogP) is 3.04. The summed E-state index contributed by atoms with van der Waals surface area (Å²) in [5.74, 6) is 2.30. The van der Waals surface area contributed by atoms with Crippen LogP contribution in [0.3, 0.4) is 0 Å². The van der Waals surface area contributed by atoms with E-state index in [-0.39, 0.29) is 0 Å². The van der Waals surface area contributed by atoms with Crippen LogP contribution in [0.25, 0.3) is 0 Å². The third kappa shape index (κ3) is 4.06. The highest BCUT2D eigenvalue weighted by Gasteiger charge is 2.20. The van der Waals surface area contributed by atoms with Crippen LogP contribution in [0.2, 0.25) is 0 Å². The molecule has 1 atom stereocenters. The van der Waals surface area contributed by atoms with E-state index in [1.807, 2.05) is 11.8 Å². The number of amidine groups is 1. The highest BCUT2D eigenvalue weighted by molar-refractivity contribution is 8.13. The second kappa shape index (κ2) is 5.78. The van der Waals surface area contributed by atoms with Crippen LogP contribution < -0.4 is 5.32 Å². The summed E-state index contributed by atoms with van der Waals surface area (Å²) in [6.45, 7) is 3.28. The molecule has 2 aliphatic rings. The molecule has 1 aliphatic heterocycles. The van der Waals surface area contributed by atoms with Crippen LogP contribution in [0.15, 0.2) is 4.99 Å². The fraction of sp³-hybridized carbons (Fsp3) is 0.917. The van der Waals surface area contributed by atoms with E-state index in [4.69, 9.17) is 0 Å². The highest BCUT2D eigenvalue weighted by Crippen LogP contribution is 2.33. The van der Waals surface area contributed by atoms with Crippen molar-refractivity contribution in [3.63, 3.8) is 0 Å². The van der Waals surface area contributed by atoms with Crippen LogP contribution in [0, 0.1) is 5.92 Å². The Labute approximate surface area is 97.3 Å². The number of hydrogen-bond acceptors (Lipinski definition) is 2. The molecule has 0 amide bonds. The van der Waals surface area contributed by atoms with Crippen molar-refractivity contribution in [1.82, 2.24) is 5.32 Å². The molecule has 0 spiro atoms. The molecule has 2 fully saturated rings. The van der Waals surface area contributed by atoms with E-state index < -0.39 is 0 Å². The zero-order chi connectivity index (χ0) is 10.5. The summed E-state index contributed by atoms with van der Waals surface area (Å²) < 4.78 is 0. The van der Waals surface area contributed by atoms with Gasteiger partial charge in [-0.25, -0.2) is 0 Å². The average molecular weight is 226 g/mol. The van der Waals surface area contributed by atoms with Gasteiger partial charge in [0.1, 0.15) is 0 Å². The third-order valence-electron chi connectivity index (χ3n) is 3.25. The average Bonchev–Trinajstić information content (AvgIpc) is 3.09. The molecule has 15 heavy (non-hydrogen) atoms. The Morgan fingerprint density at radius 2 is 2.27 bits per heavy atom. The van der Waals surface area contributed by atoms with E-state index in [1.54, 1.807) is 0 Å². The topological polar surface area (TPSA) is 24.4 Å². The molecular formula is C12H22N2S. The van der Waals surface area contributed by atoms with Crippen LogP contribution in [-0.2, 0) is 0 Å². The quantitative estimate of drug-likeness (QED) is 0.729. The van der Waals surface area contributed by atoms with Crippen LogP contribution in [0.1, 0.15) is 45.4 Å². The van der Waals surface area contributed by atoms with Crippen LogP contribution >= 0.6 is 11.8 Å². The number of thioether (sulfide) groups is 1. The maximum Gasteiger partial charge on any atom is 0.156 e. The van der Waals surface area contributed by atoms with Gasteiger partial charge in [-0.1, -0.05) is 31.5 Å². The molecule has 0 aromatic heterocycles. The van der Waals surface area contributed by atoms with Crippen molar-refractivity contribution in [3.8, 4) is 0 Å². The number of nitrogens with zero attached hydrogens (tertiary/aromatic N) is 1. The molecule has 1 heterocycles. The van der Waals surface area contributed by atoms with Crippen molar-refractivity contribution >= 4 is 16.9 Å². The minimum absolute atomic E-state index is 0.674. The zero-order valence-electron chi connectivity index (χ0n) is 9.67. The number of nitrogens with one attached hydrogen (secondary N) is 1. The van der Waals surface area contributed by atoms with Crippen molar-refractivity contribution < 1.29 is 0 Å². The molecule has 0 aromatic rings. The van der Waals surface area contributed by atoms with Gasteiger partial charge in [0.05, 0.1) is 0 Å². The van der Waals surface area contributed by atoms with Gasteiger partial charge in [-0.15, -0.1) is 0 Å². The van der Waals surface area contributed by atoms with Crippen molar-refractivity contribution in [2.24, 2.45) is 10.9 Å². The lowest BCUT2D eigenvalue weighted by molar-refractivity contribution is 0.569. The van der Waals surface area contributed by atoms with E-state index in [9.17, 15) is 0 Å². The predicted molar refractivity (Wildman–Crippen MR) is 68.5 cm³/mol. The first-order chi connectivity index (χ1) is 7.38. The fourth-order valence-corrected chi connectivity index (χ4v) is 2.98. The first-order valence-corrected chi connectivity index (χ1v) is 7.31. The van der Waals surface area contributed by atoms with Gasteiger partial charge < -0.3 is 5.32 Å². The summed E-state index contributed by atoms with van der Waals surface area (Å²) in [6.07, 6.45) is 8.15. The molecule has 1 unspecified atom stereocenters. The Morgan fingerprint density at radius 1 is 1.40 bits per heavy atom. The highest BCUT2D eigenvalue weighted by atomic mass is 32.2. The molecule has 3 heteroatoms. The number of hydrogen-bond donors (Lipinski definition) is 1. The SMILES string of the molecule is CCC1CCSC(=NCCCC2CC2)N1. The molecule has 0 radical (unpaired) electrons. The minimum atomic E-state index is 0.674. The molecular weight excluding hydrogens is 204 g/mol. The molecule has 86 valence electrons. The summed E-state index contributed by atoms with van der Waals surface area (Å²) in [5.41, 5.74) is 0. The fourth-order valence-electron chi connectivity index (χ4n) is 1.95. The van der Waals surface area contributed by atoms with Crippen molar-refractivity contribution in [1.29, 1.82) is 0 Å². The summed E-state index contributed by atoms with van der Waals surface area (Å²) in [4.78, 5) is 4.65. The second-order valence-electron chi connectivity index (χ2n) is 4.66. The van der Waals surface area contributed by atoms with Gasteiger partial charge in [-0.3, -0.25) is 4.99 Å². The summed E-state index contributed by atoms with van der Waals surface area (Å²) in [5, 5.41) is 4.72. The Bertz CT molecular complexity index is 224. The number of rotatable bonds is 5. The molecule has 1 aliphatic carbocycles. The first kappa shape index (κ1) is 11.3. The molecule has 2 rings (SSSR count). The minimum Gasteiger partial charge on any atom is -0.362 e. The van der Waals surface area contributed by atoms with Gasteiger partial charge in [0.15, 0.2) is 5.17 Å². The largest absolute Gasteiger partial charge is 0.362 e. The monoisotopic (exact) mass is 226 g/mol. The van der Waals surface area contributed by atoms with Crippen LogP contribution in [0.4, 0.5) is 0 Å². The first-order valence-electron chi connectivity index (χ1n) is 6.32. The Balaban J connectivity index is 1.64. The Kier molecular flexibility index (Phi) is 4.36. The van der Waals surface area contributed by atoms with Crippen molar-refractivity contribution in [3.05, 3.63) is 0 Å². The Hall–Kier alpha value is -0.180. The van der Waals surface area contributed by atoms with Gasteiger partial charge >= 0.3 is 0 Å². The van der Waals surface area contributed by atoms with Crippen molar-refractivity contribution in [2.75, 3.05) is 12.3 Å². The maximum atomic E-state index is 4.65. The molecule has 1 saturated heterocycles. The maximum absolute atomic E-state index is 4.65. The third-order valence-corrected chi connectivity index (χ3v) is 4.21. The molecule has 0 bridgehead atoms. The van der Waals surface area contributed by atoms with E-state index >= 15 is 0 Å². The normalized spacial score (nSPS) is 29.1. The standard InChI is InChI=1S/C12H22N2S/c1-2-11-7-9-15-12(14-11)13-8-3-4-10-5-6-10/h10-11H,2-9H2,1H3,(H,13,14). The number of aliphatic imine (C=N–C) groups is 1. The lowest BCUT2D eigenvalue weighted by Crippen LogP contribution is -2.37. The molecule has 2 nitrogen and oxygen atoms in total. The smallest absolute Gasteiger partial charge is 0.156 e. The van der Waals surface area contributed by atoms with Gasteiger partial charge in [-0.2, -0.15) is 0 Å². The van der Waals surface area contributed by atoms with Gasteiger partial charge in [-0.05, 0) is 31.6 Å². The second-order valence-corrected chi connectivity index (χ2v) is 5.74. The van der Waals surface area contributed by atoms with Crippen LogP contribution in [0.5, 0.6) is 0 Å². The van der Waals surface area contributed by atoms with E-state index in [0.717, 1.165) is 12.5 Å².